The van der Waals surface area contributed by atoms with E-state index >= 15 is 0 Å². The van der Waals surface area contributed by atoms with Gasteiger partial charge in [0.15, 0.2) is 8.07 Å². The number of hydrogen-bond donors (Lipinski definition) is 0. The highest BCUT2D eigenvalue weighted by molar-refractivity contribution is 7.19. The summed E-state index contributed by atoms with van der Waals surface area (Å²) in [4.78, 5) is 7.47. The fourth-order valence-corrected chi connectivity index (χ4v) is 12.9. The van der Waals surface area contributed by atoms with Gasteiger partial charge in [0.05, 0.1) is 11.0 Å². The highest BCUT2D eigenvalue weighted by Crippen LogP contribution is 2.38. The Morgan fingerprint density at radius 3 is 1.63 bits per heavy atom. The normalized spacial score (nSPS) is 14.6. The highest BCUT2D eigenvalue weighted by Gasteiger charge is 2.41. The lowest BCUT2D eigenvalue weighted by atomic mass is 10.0. The van der Waals surface area contributed by atoms with Gasteiger partial charge in [-0.25, -0.2) is 4.99 Å². The Bertz CT molecular complexity index is 2440. The summed E-state index contributed by atoms with van der Waals surface area (Å²) < 4.78 is 2.40. The van der Waals surface area contributed by atoms with E-state index < -0.39 is 8.07 Å². The zero-order valence-corrected chi connectivity index (χ0v) is 29.5. The molecular formula is C47H37N3Si. The second-order valence-electron chi connectivity index (χ2n) is 13.2. The molecule has 0 amide bonds. The molecule has 244 valence electrons. The summed E-state index contributed by atoms with van der Waals surface area (Å²) in [7, 11) is -0.505. The lowest BCUT2D eigenvalue weighted by Crippen LogP contribution is -2.74. The Labute approximate surface area is 300 Å². The molecule has 0 spiro atoms. The lowest BCUT2D eigenvalue weighted by molar-refractivity contribution is 0.283. The largest absolute Gasteiger partial charge is 0.335 e. The molecule has 1 atom stereocenters. The van der Waals surface area contributed by atoms with Crippen molar-refractivity contribution in [2.75, 3.05) is 7.05 Å². The fourth-order valence-electron chi connectivity index (χ4n) is 8.11. The summed E-state index contributed by atoms with van der Waals surface area (Å²) in [5.41, 5.74) is 7.06. The van der Waals surface area contributed by atoms with E-state index in [1.807, 2.05) is 6.21 Å². The highest BCUT2D eigenvalue weighted by atomic mass is 28.3. The topological polar surface area (TPSA) is 20.5 Å². The van der Waals surface area contributed by atoms with E-state index in [0.29, 0.717) is 0 Å². The molecule has 0 bridgehead atoms. The van der Waals surface area contributed by atoms with Crippen molar-refractivity contribution in [3.63, 3.8) is 0 Å². The first kappa shape index (κ1) is 30.8. The first-order valence-electron chi connectivity index (χ1n) is 17.6. The van der Waals surface area contributed by atoms with Gasteiger partial charge in [0, 0.05) is 29.7 Å². The SMILES string of the molecule is CN1C(c2cccc([Si](c3ccccc3)(c3ccccc3)c3ccccc3)c2)=CC=NC1n1c2ccccc2c2ccc(-c3ccccc3)cc21. The van der Waals surface area contributed by atoms with Crippen LogP contribution < -0.4 is 20.7 Å². The van der Waals surface area contributed by atoms with E-state index in [2.05, 4.69) is 211 Å². The molecule has 3 nitrogen and oxygen atoms in total. The molecule has 0 N–H and O–H groups in total. The van der Waals surface area contributed by atoms with E-state index in [1.54, 1.807) is 0 Å². The molecule has 1 aromatic heterocycles. The number of fused-ring (bicyclic) bond motifs is 3. The lowest BCUT2D eigenvalue weighted by Gasteiger charge is -2.36. The standard InChI is InChI=1S/C47H37N3Si/c1-49-44(31-32-48-47(49)50-45-28-15-14-27-42(45)43-30-29-36(34-46(43)50)35-17-6-2-7-18-35)37-19-16-26-41(33-37)51(38-20-8-3-9-21-38,39-22-10-4-11-23-39)40-24-12-5-13-25-40/h2-34,47H,1H3. The Kier molecular flexibility index (Phi) is 7.79. The first-order chi connectivity index (χ1) is 25.2. The third kappa shape index (κ3) is 5.15. The van der Waals surface area contributed by atoms with Crippen molar-refractivity contribution in [3.05, 3.63) is 200 Å². The van der Waals surface area contributed by atoms with Crippen LogP contribution in [-0.4, -0.2) is 30.8 Å². The molecule has 0 fully saturated rings. The molecule has 7 aromatic carbocycles. The van der Waals surface area contributed by atoms with Gasteiger partial charge >= 0.3 is 0 Å². The molecule has 51 heavy (non-hydrogen) atoms. The molecule has 4 heteroatoms. The van der Waals surface area contributed by atoms with Gasteiger partial charge in [-0.1, -0.05) is 176 Å². The fraction of sp³-hybridized carbons (Fsp3) is 0.0426. The molecule has 9 rings (SSSR count). The number of para-hydroxylation sites is 1. The predicted molar refractivity (Wildman–Crippen MR) is 218 cm³/mol. The number of hydrogen-bond acceptors (Lipinski definition) is 2. The van der Waals surface area contributed by atoms with E-state index in [4.69, 9.17) is 4.99 Å². The van der Waals surface area contributed by atoms with Gasteiger partial charge < -0.3 is 9.47 Å². The molecule has 0 saturated heterocycles. The average molecular weight is 672 g/mol. The van der Waals surface area contributed by atoms with Crippen LogP contribution in [0.25, 0.3) is 38.6 Å². The maximum Gasteiger partial charge on any atom is 0.203 e. The Morgan fingerprint density at radius 1 is 0.451 bits per heavy atom. The molecule has 1 aliphatic heterocycles. The summed E-state index contributed by atoms with van der Waals surface area (Å²) in [6.07, 6.45) is 3.89. The summed E-state index contributed by atoms with van der Waals surface area (Å²) in [6.45, 7) is 0. The van der Waals surface area contributed by atoms with Gasteiger partial charge in [-0.05, 0) is 55.6 Å². The quantitative estimate of drug-likeness (QED) is 0.123. The van der Waals surface area contributed by atoms with Gasteiger partial charge in [-0.3, -0.25) is 0 Å². The van der Waals surface area contributed by atoms with E-state index in [1.165, 1.54) is 59.2 Å². The molecule has 8 aromatic rings. The van der Waals surface area contributed by atoms with Crippen LogP contribution in [0.5, 0.6) is 0 Å². The second kappa shape index (κ2) is 12.9. The van der Waals surface area contributed by atoms with Gasteiger partial charge in [0.2, 0.25) is 6.29 Å². The Morgan fingerprint density at radius 2 is 0.980 bits per heavy atom. The monoisotopic (exact) mass is 671 g/mol. The molecular weight excluding hydrogens is 635 g/mol. The number of rotatable bonds is 7. The summed E-state index contributed by atoms with van der Waals surface area (Å²) in [5.74, 6) is 0. The maximum atomic E-state index is 5.14. The van der Waals surface area contributed by atoms with Crippen molar-refractivity contribution in [3.8, 4) is 11.1 Å². The molecule has 0 aliphatic carbocycles. The number of aromatic nitrogens is 1. The Hall–Kier alpha value is -6.23. The van der Waals surface area contributed by atoms with Crippen molar-refractivity contribution in [1.29, 1.82) is 0 Å². The van der Waals surface area contributed by atoms with Gasteiger partial charge in [-0.2, -0.15) is 0 Å². The summed E-state index contributed by atoms with van der Waals surface area (Å²) in [6, 6.07) is 68.8. The minimum atomic E-state index is -2.68. The van der Waals surface area contributed by atoms with E-state index in [9.17, 15) is 0 Å². The van der Waals surface area contributed by atoms with Gasteiger partial charge in [-0.15, -0.1) is 0 Å². The van der Waals surface area contributed by atoms with Gasteiger partial charge in [0.25, 0.3) is 0 Å². The molecule has 0 radical (unpaired) electrons. The summed E-state index contributed by atoms with van der Waals surface area (Å²) in [5, 5.41) is 7.91. The molecule has 0 saturated carbocycles. The minimum absolute atomic E-state index is 0.263. The van der Waals surface area contributed by atoms with Crippen LogP contribution in [0, 0.1) is 0 Å². The predicted octanol–water partition coefficient (Wildman–Crippen LogP) is 8.35. The van der Waals surface area contributed by atoms with Crippen LogP contribution in [0.3, 0.4) is 0 Å². The van der Waals surface area contributed by atoms with E-state index in [0.717, 1.165) is 5.70 Å². The second-order valence-corrected chi connectivity index (χ2v) is 17.0. The van der Waals surface area contributed by atoms with Gasteiger partial charge in [0.1, 0.15) is 0 Å². The Balaban J connectivity index is 1.20. The number of nitrogens with zero attached hydrogens (tertiary/aromatic N) is 3. The number of benzene rings is 7. The third-order valence-electron chi connectivity index (χ3n) is 10.4. The molecule has 2 heterocycles. The zero-order valence-electron chi connectivity index (χ0n) is 28.5. The first-order valence-corrected chi connectivity index (χ1v) is 19.6. The smallest absolute Gasteiger partial charge is 0.203 e. The van der Waals surface area contributed by atoms with Crippen molar-refractivity contribution in [2.24, 2.45) is 4.99 Å². The van der Waals surface area contributed by atoms with Crippen molar-refractivity contribution < 1.29 is 0 Å². The maximum absolute atomic E-state index is 5.14. The zero-order chi connectivity index (χ0) is 34.2. The van der Waals surface area contributed by atoms with Crippen molar-refractivity contribution in [2.45, 2.75) is 6.29 Å². The van der Waals surface area contributed by atoms with Crippen LogP contribution in [0.1, 0.15) is 11.9 Å². The van der Waals surface area contributed by atoms with E-state index in [-0.39, 0.29) is 6.29 Å². The average Bonchev–Trinajstić information content (AvgIpc) is 3.53. The minimum Gasteiger partial charge on any atom is -0.335 e. The van der Waals surface area contributed by atoms with Crippen LogP contribution in [0.15, 0.2) is 199 Å². The van der Waals surface area contributed by atoms with Crippen molar-refractivity contribution in [1.82, 2.24) is 9.47 Å². The van der Waals surface area contributed by atoms with Crippen molar-refractivity contribution >= 4 is 62.5 Å². The van der Waals surface area contributed by atoms with Crippen LogP contribution >= 0.6 is 0 Å². The molecule has 1 aliphatic rings. The van der Waals surface area contributed by atoms with Crippen LogP contribution in [0.2, 0.25) is 0 Å². The van der Waals surface area contributed by atoms with Crippen LogP contribution in [-0.2, 0) is 0 Å². The third-order valence-corrected chi connectivity index (χ3v) is 15.2. The van der Waals surface area contributed by atoms with Crippen LogP contribution in [0.4, 0.5) is 0 Å². The molecule has 1 unspecified atom stereocenters. The summed E-state index contributed by atoms with van der Waals surface area (Å²) >= 11 is 0. The number of allylic oxidation sites excluding steroid dienone is 1. The number of aliphatic imine (C=N–C) groups is 1.